The molecule has 0 aliphatic carbocycles. The maximum Gasteiger partial charge on any atom is 0.241 e. The van der Waals surface area contributed by atoms with Gasteiger partial charge < -0.3 is 11.5 Å². The Kier molecular flexibility index (Phi) is 1.96. The minimum absolute atomic E-state index is 0.305. The van der Waals surface area contributed by atoms with Crippen molar-refractivity contribution in [3.63, 3.8) is 0 Å². The Morgan fingerprint density at radius 1 is 1.55 bits per heavy atom. The van der Waals surface area contributed by atoms with E-state index < -0.39 is 0 Å². The highest BCUT2D eigenvalue weighted by atomic mass is 79.9. The average molecular weight is 213 g/mol. The lowest BCUT2D eigenvalue weighted by Crippen LogP contribution is -1.94. The second kappa shape index (κ2) is 2.76. The van der Waals surface area contributed by atoms with Gasteiger partial charge in [-0.1, -0.05) is 0 Å². The molecule has 1 heterocycles. The molecule has 4 nitrogen and oxygen atoms in total. The molecule has 0 amide bonds. The van der Waals surface area contributed by atoms with E-state index in [1.807, 2.05) is 0 Å². The molecule has 11 heavy (non-hydrogen) atoms. The number of hydrogen-bond acceptors (Lipinski definition) is 3. The predicted molar refractivity (Wildman–Crippen MR) is 47.0 cm³/mol. The van der Waals surface area contributed by atoms with Crippen molar-refractivity contribution < 1.29 is 0 Å². The molecule has 0 saturated heterocycles. The number of halogens is 1. The number of nitrogens with two attached hydrogens (primary N) is 2. The highest BCUT2D eigenvalue weighted by Crippen LogP contribution is 2.30. The monoisotopic (exact) mass is 212 g/mol. The zero-order valence-corrected chi connectivity index (χ0v) is 7.09. The molecule has 56 valence electrons. The first-order valence-electron chi connectivity index (χ1n) is 2.74. The van der Waals surface area contributed by atoms with E-state index in [9.17, 15) is 0 Å². The fourth-order valence-corrected chi connectivity index (χ4v) is 1.18. The van der Waals surface area contributed by atoms with Crippen LogP contribution in [0, 0.1) is 6.57 Å². The molecule has 0 spiro atoms. The standard InChI is InChI=1S/C6H5BrN4/c1-10-5-3(8)2-4(9)11-6(5)7/h2H,(H4,8,9,11). The molecule has 4 N–H and O–H groups in total. The third-order valence-electron chi connectivity index (χ3n) is 1.11. The molecular weight excluding hydrogens is 208 g/mol. The van der Waals surface area contributed by atoms with Gasteiger partial charge >= 0.3 is 0 Å². The van der Waals surface area contributed by atoms with Crippen molar-refractivity contribution >= 4 is 33.1 Å². The fourth-order valence-electron chi connectivity index (χ4n) is 0.656. The number of hydrogen-bond donors (Lipinski definition) is 2. The summed E-state index contributed by atoms with van der Waals surface area (Å²) in [6.07, 6.45) is 0. The lowest BCUT2D eigenvalue weighted by molar-refractivity contribution is 1.30. The maximum absolute atomic E-state index is 6.73. The number of rotatable bonds is 0. The Morgan fingerprint density at radius 3 is 2.64 bits per heavy atom. The van der Waals surface area contributed by atoms with Crippen molar-refractivity contribution in [1.29, 1.82) is 0 Å². The minimum atomic E-state index is 0.305. The van der Waals surface area contributed by atoms with Gasteiger partial charge in [-0.15, -0.1) is 0 Å². The van der Waals surface area contributed by atoms with Crippen LogP contribution in [-0.2, 0) is 0 Å². The topological polar surface area (TPSA) is 69.3 Å². The first kappa shape index (κ1) is 7.82. The molecule has 1 rings (SSSR count). The molecular formula is C6H5BrN4. The molecule has 0 bridgehead atoms. The third-order valence-corrected chi connectivity index (χ3v) is 1.66. The van der Waals surface area contributed by atoms with Crippen LogP contribution in [0.25, 0.3) is 4.85 Å². The van der Waals surface area contributed by atoms with Gasteiger partial charge in [-0.25, -0.2) is 9.83 Å². The normalized spacial score (nSPS) is 9.09. The van der Waals surface area contributed by atoms with Crippen LogP contribution in [0.4, 0.5) is 17.2 Å². The van der Waals surface area contributed by atoms with Crippen molar-refractivity contribution in [3.05, 3.63) is 22.1 Å². The largest absolute Gasteiger partial charge is 0.407 e. The van der Waals surface area contributed by atoms with Gasteiger partial charge in [0.25, 0.3) is 0 Å². The van der Waals surface area contributed by atoms with Crippen molar-refractivity contribution in [2.75, 3.05) is 11.5 Å². The lowest BCUT2D eigenvalue weighted by atomic mass is 10.3. The Labute approximate surface area is 72.2 Å². The van der Waals surface area contributed by atoms with Crippen LogP contribution in [-0.4, -0.2) is 4.98 Å². The summed E-state index contributed by atoms with van der Waals surface area (Å²) >= 11 is 3.07. The van der Waals surface area contributed by atoms with Crippen molar-refractivity contribution in [3.8, 4) is 0 Å². The smallest absolute Gasteiger partial charge is 0.241 e. The van der Waals surface area contributed by atoms with Crippen LogP contribution in [0.3, 0.4) is 0 Å². The Hall–Kier alpha value is -1.28. The molecule has 0 radical (unpaired) electrons. The number of aromatic nitrogens is 1. The van der Waals surface area contributed by atoms with E-state index in [1.54, 1.807) is 0 Å². The van der Waals surface area contributed by atoms with Crippen molar-refractivity contribution in [2.24, 2.45) is 0 Å². The quantitative estimate of drug-likeness (QED) is 0.507. The first-order chi connectivity index (χ1) is 5.15. The van der Waals surface area contributed by atoms with Gasteiger partial charge in [0.2, 0.25) is 5.69 Å². The summed E-state index contributed by atoms with van der Waals surface area (Å²) in [5, 5.41) is 0. The maximum atomic E-state index is 6.73. The molecule has 0 saturated carbocycles. The Balaban J connectivity index is 3.40. The number of nitrogens with zero attached hydrogens (tertiary/aromatic N) is 2. The summed E-state index contributed by atoms with van der Waals surface area (Å²) < 4.78 is 0.394. The zero-order valence-electron chi connectivity index (χ0n) is 5.50. The summed E-state index contributed by atoms with van der Waals surface area (Å²) in [5.41, 5.74) is 11.5. The molecule has 0 fully saturated rings. The van der Waals surface area contributed by atoms with Gasteiger partial charge in [0, 0.05) is 5.69 Å². The van der Waals surface area contributed by atoms with E-state index in [0.29, 0.717) is 21.8 Å². The zero-order chi connectivity index (χ0) is 8.43. The second-order valence-corrected chi connectivity index (χ2v) is 2.64. The third kappa shape index (κ3) is 1.41. The van der Waals surface area contributed by atoms with E-state index in [2.05, 4.69) is 25.8 Å². The number of anilines is 2. The van der Waals surface area contributed by atoms with Gasteiger partial charge in [0.1, 0.15) is 10.4 Å². The van der Waals surface area contributed by atoms with Gasteiger partial charge in [0.05, 0.1) is 6.57 Å². The minimum Gasteiger partial charge on any atom is -0.407 e. The summed E-state index contributed by atoms with van der Waals surface area (Å²) in [5.74, 6) is 0.307. The molecule has 0 aromatic carbocycles. The lowest BCUT2D eigenvalue weighted by Gasteiger charge is -2.00. The Bertz CT molecular complexity index is 305. The van der Waals surface area contributed by atoms with Gasteiger partial charge in [-0.2, -0.15) is 0 Å². The fraction of sp³-hybridized carbons (Fsp3) is 0. The van der Waals surface area contributed by atoms with Gasteiger partial charge in [-0.05, 0) is 22.0 Å². The highest BCUT2D eigenvalue weighted by molar-refractivity contribution is 9.10. The summed E-state index contributed by atoms with van der Waals surface area (Å²) in [4.78, 5) is 6.98. The summed E-state index contributed by atoms with van der Waals surface area (Å²) in [7, 11) is 0. The van der Waals surface area contributed by atoms with Gasteiger partial charge in [0.15, 0.2) is 0 Å². The average Bonchev–Trinajstić information content (AvgIpc) is 1.85. The Morgan fingerprint density at radius 2 is 2.18 bits per heavy atom. The van der Waals surface area contributed by atoms with E-state index in [1.165, 1.54) is 6.07 Å². The summed E-state index contributed by atoms with van der Waals surface area (Å²) in [6, 6.07) is 1.46. The van der Waals surface area contributed by atoms with E-state index in [4.69, 9.17) is 18.0 Å². The molecule has 1 aromatic heterocycles. The summed E-state index contributed by atoms with van der Waals surface area (Å²) in [6.45, 7) is 6.73. The number of pyridine rings is 1. The van der Waals surface area contributed by atoms with Crippen LogP contribution in [0.5, 0.6) is 0 Å². The first-order valence-corrected chi connectivity index (χ1v) is 3.53. The van der Waals surface area contributed by atoms with Crippen LogP contribution in [0.2, 0.25) is 0 Å². The molecule has 0 aliphatic rings. The van der Waals surface area contributed by atoms with E-state index in [0.717, 1.165) is 0 Å². The molecule has 0 atom stereocenters. The van der Waals surface area contributed by atoms with Crippen LogP contribution in [0.15, 0.2) is 10.7 Å². The van der Waals surface area contributed by atoms with Crippen LogP contribution >= 0.6 is 15.9 Å². The van der Waals surface area contributed by atoms with E-state index >= 15 is 0 Å². The molecule has 1 aromatic rings. The van der Waals surface area contributed by atoms with Gasteiger partial charge in [-0.3, -0.25) is 0 Å². The highest BCUT2D eigenvalue weighted by Gasteiger charge is 2.05. The molecule has 0 unspecified atom stereocenters. The predicted octanol–water partition coefficient (Wildman–Crippen LogP) is 1.56. The van der Waals surface area contributed by atoms with Crippen molar-refractivity contribution in [2.45, 2.75) is 0 Å². The van der Waals surface area contributed by atoms with Crippen LogP contribution in [0.1, 0.15) is 0 Å². The second-order valence-electron chi connectivity index (χ2n) is 1.89. The number of nitrogen functional groups attached to an aromatic ring is 2. The molecule has 0 aliphatic heterocycles. The van der Waals surface area contributed by atoms with Crippen molar-refractivity contribution in [1.82, 2.24) is 4.98 Å². The SMILES string of the molecule is [C-]#[N+]c1c(N)cc(N)nc1Br. The molecule has 5 heteroatoms. The van der Waals surface area contributed by atoms with E-state index in [-0.39, 0.29) is 0 Å². The van der Waals surface area contributed by atoms with Crippen LogP contribution < -0.4 is 11.5 Å².